The second-order valence-corrected chi connectivity index (χ2v) is 5.13. The lowest BCUT2D eigenvalue weighted by Crippen LogP contribution is -2.17. The normalized spacial score (nSPS) is 18.7. The van der Waals surface area contributed by atoms with Crippen molar-refractivity contribution in [2.75, 3.05) is 11.1 Å². The number of rotatable bonds is 2. The number of nitrogen functional groups attached to an aromatic ring is 1. The molecule has 2 rings (SSSR count). The summed E-state index contributed by atoms with van der Waals surface area (Å²) in [6, 6.07) is 0.631. The highest BCUT2D eigenvalue weighted by Crippen LogP contribution is 2.28. The molecule has 4 heteroatoms. The Balaban J connectivity index is 1.98. The summed E-state index contributed by atoms with van der Waals surface area (Å²) in [5.74, 6) is 0.677. The van der Waals surface area contributed by atoms with E-state index in [1.54, 1.807) is 0 Å². The molecule has 1 aromatic rings. The highest BCUT2D eigenvalue weighted by molar-refractivity contribution is 7.10. The van der Waals surface area contributed by atoms with E-state index in [1.165, 1.54) is 55.1 Å². The van der Waals surface area contributed by atoms with Crippen molar-refractivity contribution >= 4 is 22.4 Å². The summed E-state index contributed by atoms with van der Waals surface area (Å²) < 4.78 is 4.16. The Morgan fingerprint density at radius 1 is 1.27 bits per heavy atom. The van der Waals surface area contributed by atoms with Gasteiger partial charge in [0, 0.05) is 11.6 Å². The van der Waals surface area contributed by atoms with Gasteiger partial charge in [0.2, 0.25) is 0 Å². The van der Waals surface area contributed by atoms with Crippen molar-refractivity contribution in [1.29, 1.82) is 0 Å². The van der Waals surface area contributed by atoms with Crippen molar-refractivity contribution in [2.45, 2.75) is 51.5 Å². The fourth-order valence-electron chi connectivity index (χ4n) is 2.09. The minimum Gasteiger partial charge on any atom is -0.383 e. The quantitative estimate of drug-likeness (QED) is 0.760. The van der Waals surface area contributed by atoms with Crippen molar-refractivity contribution in [3.8, 4) is 0 Å². The van der Waals surface area contributed by atoms with Crippen molar-refractivity contribution in [2.24, 2.45) is 0 Å². The first-order chi connectivity index (χ1) is 7.27. The van der Waals surface area contributed by atoms with E-state index in [9.17, 15) is 0 Å². The van der Waals surface area contributed by atoms with E-state index in [1.807, 2.05) is 6.92 Å². The van der Waals surface area contributed by atoms with Crippen LogP contribution in [0.2, 0.25) is 0 Å². The van der Waals surface area contributed by atoms with Gasteiger partial charge in [-0.05, 0) is 31.3 Å². The highest BCUT2D eigenvalue weighted by atomic mass is 32.1. The second-order valence-electron chi connectivity index (χ2n) is 4.35. The molecule has 3 N–H and O–H groups in total. The van der Waals surface area contributed by atoms with Crippen molar-refractivity contribution in [3.63, 3.8) is 0 Å². The van der Waals surface area contributed by atoms with Crippen LogP contribution in [0.25, 0.3) is 0 Å². The maximum absolute atomic E-state index is 5.74. The number of nitrogens with one attached hydrogen (secondary N) is 1. The minimum atomic E-state index is 0.631. The Hall–Kier alpha value is -0.770. The average molecular weight is 225 g/mol. The lowest BCUT2D eigenvalue weighted by atomic mass is 10.1. The summed E-state index contributed by atoms with van der Waals surface area (Å²) >= 11 is 1.49. The van der Waals surface area contributed by atoms with Gasteiger partial charge >= 0.3 is 0 Å². The number of hydrogen-bond acceptors (Lipinski definition) is 4. The van der Waals surface area contributed by atoms with E-state index in [0.717, 1.165) is 5.56 Å². The number of aromatic nitrogens is 1. The number of nitrogens with two attached hydrogens (primary N) is 1. The molecular weight excluding hydrogens is 206 g/mol. The van der Waals surface area contributed by atoms with Gasteiger partial charge in [-0.3, -0.25) is 0 Å². The monoisotopic (exact) mass is 225 g/mol. The van der Waals surface area contributed by atoms with Gasteiger partial charge in [-0.15, -0.1) is 0 Å². The molecule has 84 valence electrons. The summed E-state index contributed by atoms with van der Waals surface area (Å²) in [5.41, 5.74) is 6.85. The standard InChI is InChI=1S/C11H19N3S/c1-8-10(12)14-15-11(8)13-9-6-4-2-3-5-7-9/h9,13H,2-7H2,1H3,(H2,12,14). The SMILES string of the molecule is Cc1c(N)nsc1NC1CCCCCC1. The van der Waals surface area contributed by atoms with Gasteiger partial charge in [0.15, 0.2) is 0 Å². The number of anilines is 2. The van der Waals surface area contributed by atoms with Crippen LogP contribution in [0.5, 0.6) is 0 Å². The third-order valence-corrected chi connectivity index (χ3v) is 4.05. The lowest BCUT2D eigenvalue weighted by Gasteiger charge is -2.16. The molecule has 0 aromatic carbocycles. The van der Waals surface area contributed by atoms with Gasteiger partial charge in [-0.2, -0.15) is 4.37 Å². The van der Waals surface area contributed by atoms with Crippen molar-refractivity contribution < 1.29 is 0 Å². The largest absolute Gasteiger partial charge is 0.383 e. The van der Waals surface area contributed by atoms with E-state index in [4.69, 9.17) is 5.73 Å². The smallest absolute Gasteiger partial charge is 0.142 e. The average Bonchev–Trinajstić information content (AvgIpc) is 2.50. The zero-order valence-electron chi connectivity index (χ0n) is 9.25. The van der Waals surface area contributed by atoms with Crippen LogP contribution in [-0.4, -0.2) is 10.4 Å². The van der Waals surface area contributed by atoms with E-state index < -0.39 is 0 Å². The van der Waals surface area contributed by atoms with Crippen LogP contribution in [0.3, 0.4) is 0 Å². The predicted molar refractivity (Wildman–Crippen MR) is 66.4 cm³/mol. The molecule has 0 spiro atoms. The predicted octanol–water partition coefficient (Wildman–Crippen LogP) is 3.17. The molecule has 1 saturated carbocycles. The lowest BCUT2D eigenvalue weighted by molar-refractivity contribution is 0.621. The van der Waals surface area contributed by atoms with E-state index in [0.29, 0.717) is 11.9 Å². The molecule has 0 atom stereocenters. The van der Waals surface area contributed by atoms with E-state index in [2.05, 4.69) is 9.69 Å². The number of nitrogens with zero attached hydrogens (tertiary/aromatic N) is 1. The second kappa shape index (κ2) is 4.84. The molecule has 0 bridgehead atoms. The molecule has 1 aliphatic carbocycles. The molecule has 1 aromatic heterocycles. The Labute approximate surface area is 95.2 Å². The molecule has 3 nitrogen and oxygen atoms in total. The molecule has 0 radical (unpaired) electrons. The minimum absolute atomic E-state index is 0.631. The van der Waals surface area contributed by atoms with Crippen LogP contribution < -0.4 is 11.1 Å². The van der Waals surface area contributed by atoms with Crippen LogP contribution in [0, 0.1) is 6.92 Å². The highest BCUT2D eigenvalue weighted by Gasteiger charge is 2.14. The zero-order valence-corrected chi connectivity index (χ0v) is 10.1. The molecule has 0 unspecified atom stereocenters. The van der Waals surface area contributed by atoms with E-state index in [-0.39, 0.29) is 0 Å². The Kier molecular flexibility index (Phi) is 3.46. The molecular formula is C11H19N3S. The molecule has 1 fully saturated rings. The summed E-state index contributed by atoms with van der Waals surface area (Å²) in [6.07, 6.45) is 8.06. The van der Waals surface area contributed by atoms with Crippen LogP contribution >= 0.6 is 11.5 Å². The topological polar surface area (TPSA) is 50.9 Å². The molecule has 15 heavy (non-hydrogen) atoms. The van der Waals surface area contributed by atoms with Crippen molar-refractivity contribution in [3.05, 3.63) is 5.56 Å². The van der Waals surface area contributed by atoms with Gasteiger partial charge in [0.1, 0.15) is 10.8 Å². The van der Waals surface area contributed by atoms with Crippen molar-refractivity contribution in [1.82, 2.24) is 4.37 Å². The maximum Gasteiger partial charge on any atom is 0.142 e. The van der Waals surface area contributed by atoms with Crippen LogP contribution in [0.15, 0.2) is 0 Å². The fourth-order valence-corrected chi connectivity index (χ4v) is 2.88. The first-order valence-electron chi connectivity index (χ1n) is 5.75. The Morgan fingerprint density at radius 3 is 2.47 bits per heavy atom. The summed E-state index contributed by atoms with van der Waals surface area (Å²) in [4.78, 5) is 0. The van der Waals surface area contributed by atoms with Crippen LogP contribution in [0.4, 0.5) is 10.8 Å². The molecule has 1 aliphatic rings. The molecule has 1 heterocycles. The number of hydrogen-bond donors (Lipinski definition) is 2. The third-order valence-electron chi connectivity index (χ3n) is 3.15. The summed E-state index contributed by atoms with van der Waals surface area (Å²) in [7, 11) is 0. The maximum atomic E-state index is 5.74. The van der Waals surface area contributed by atoms with Gasteiger partial charge in [-0.25, -0.2) is 0 Å². The third kappa shape index (κ3) is 2.62. The first-order valence-corrected chi connectivity index (χ1v) is 6.53. The van der Waals surface area contributed by atoms with Gasteiger partial charge in [0.05, 0.1) is 0 Å². The summed E-state index contributed by atoms with van der Waals surface area (Å²) in [6.45, 7) is 2.04. The molecule has 0 aliphatic heterocycles. The van der Waals surface area contributed by atoms with Crippen LogP contribution in [-0.2, 0) is 0 Å². The van der Waals surface area contributed by atoms with Crippen LogP contribution in [0.1, 0.15) is 44.1 Å². The van der Waals surface area contributed by atoms with Gasteiger partial charge in [0.25, 0.3) is 0 Å². The van der Waals surface area contributed by atoms with Gasteiger partial charge < -0.3 is 11.1 Å². The Bertz CT molecular complexity index is 314. The zero-order chi connectivity index (χ0) is 10.7. The van der Waals surface area contributed by atoms with E-state index >= 15 is 0 Å². The molecule has 0 saturated heterocycles. The first kappa shape index (κ1) is 10.7. The summed E-state index contributed by atoms with van der Waals surface area (Å²) in [5, 5.41) is 4.75. The Morgan fingerprint density at radius 2 is 1.93 bits per heavy atom. The van der Waals surface area contributed by atoms with Gasteiger partial charge in [-0.1, -0.05) is 25.7 Å². The molecule has 0 amide bonds. The fraction of sp³-hybridized carbons (Fsp3) is 0.727.